The van der Waals surface area contributed by atoms with Crippen molar-refractivity contribution in [3.8, 4) is 0 Å². The molecule has 23 heavy (non-hydrogen) atoms. The van der Waals surface area contributed by atoms with E-state index in [0.717, 1.165) is 37.1 Å². The number of nitrogens with zero attached hydrogens (tertiary/aromatic N) is 2. The fourth-order valence-electron chi connectivity index (χ4n) is 3.25. The summed E-state index contributed by atoms with van der Waals surface area (Å²) in [4.78, 5) is 29.0. The number of likely N-dealkylation sites (tertiary alicyclic amines) is 1. The summed E-state index contributed by atoms with van der Waals surface area (Å²) in [6.07, 6.45) is 3.72. The van der Waals surface area contributed by atoms with Gasteiger partial charge >= 0.3 is 0 Å². The van der Waals surface area contributed by atoms with Crippen LogP contribution in [0.1, 0.15) is 29.5 Å². The van der Waals surface area contributed by atoms with Crippen molar-refractivity contribution in [2.75, 3.05) is 19.6 Å². The molecule has 2 heterocycles. The van der Waals surface area contributed by atoms with Gasteiger partial charge in [0.1, 0.15) is 5.70 Å². The molecule has 1 aromatic carbocycles. The maximum absolute atomic E-state index is 12.8. The Hall–Kier alpha value is -2.36. The van der Waals surface area contributed by atoms with Crippen molar-refractivity contribution in [3.05, 3.63) is 53.2 Å². The van der Waals surface area contributed by atoms with Crippen molar-refractivity contribution >= 4 is 17.4 Å². The molecule has 1 fully saturated rings. The maximum atomic E-state index is 12.8. The number of rotatable bonds is 4. The highest BCUT2D eigenvalue weighted by molar-refractivity contribution is 6.35. The van der Waals surface area contributed by atoms with Crippen LogP contribution in [0.2, 0.25) is 0 Å². The maximum Gasteiger partial charge on any atom is 0.278 e. The topological polar surface area (TPSA) is 40.6 Å². The summed E-state index contributed by atoms with van der Waals surface area (Å²) < 4.78 is 0. The lowest BCUT2D eigenvalue weighted by atomic mass is 9.99. The average Bonchev–Trinajstić information content (AvgIpc) is 3.12. The van der Waals surface area contributed by atoms with Gasteiger partial charge in [0.15, 0.2) is 0 Å². The van der Waals surface area contributed by atoms with E-state index in [1.165, 1.54) is 10.5 Å². The predicted molar refractivity (Wildman–Crippen MR) is 90.6 cm³/mol. The molecular weight excluding hydrogens is 288 g/mol. The Balaban J connectivity index is 2.12. The highest BCUT2D eigenvalue weighted by Gasteiger charge is 2.41. The van der Waals surface area contributed by atoms with Crippen LogP contribution in [0.25, 0.3) is 5.57 Å². The zero-order valence-corrected chi connectivity index (χ0v) is 13.8. The Labute approximate surface area is 137 Å². The molecule has 0 radical (unpaired) electrons. The molecule has 0 saturated carbocycles. The van der Waals surface area contributed by atoms with E-state index in [2.05, 4.69) is 11.5 Å². The van der Waals surface area contributed by atoms with Crippen molar-refractivity contribution in [3.63, 3.8) is 0 Å². The molecule has 4 nitrogen and oxygen atoms in total. The normalized spacial score (nSPS) is 18.3. The van der Waals surface area contributed by atoms with Gasteiger partial charge in [0.25, 0.3) is 11.8 Å². The second-order valence-electron chi connectivity index (χ2n) is 6.23. The van der Waals surface area contributed by atoms with Gasteiger partial charge in [0.05, 0.1) is 5.57 Å². The molecule has 0 N–H and O–H groups in total. The minimum atomic E-state index is -0.208. The van der Waals surface area contributed by atoms with Gasteiger partial charge in [0, 0.05) is 19.6 Å². The van der Waals surface area contributed by atoms with Crippen molar-refractivity contribution < 1.29 is 9.59 Å². The molecule has 1 aromatic rings. The van der Waals surface area contributed by atoms with Gasteiger partial charge in [-0.15, -0.1) is 6.58 Å². The van der Waals surface area contributed by atoms with Crippen LogP contribution in [0.5, 0.6) is 0 Å². The number of carbonyl (C=O) groups excluding carboxylic acids is 2. The summed E-state index contributed by atoms with van der Waals surface area (Å²) >= 11 is 0. The standard InChI is InChI=1S/C19H22N2O2/c1-4-9-21-18(22)16(15-8-7-13(2)14(3)12-15)17(19(21)23)20-10-5-6-11-20/h4,7-8,12H,1,5-6,9-11H2,2-3H3. The van der Waals surface area contributed by atoms with Crippen molar-refractivity contribution in [2.24, 2.45) is 0 Å². The molecular formula is C19H22N2O2. The van der Waals surface area contributed by atoms with Crippen molar-refractivity contribution in [1.82, 2.24) is 9.80 Å². The fourth-order valence-corrected chi connectivity index (χ4v) is 3.25. The molecule has 1 saturated heterocycles. The summed E-state index contributed by atoms with van der Waals surface area (Å²) in [5, 5.41) is 0. The van der Waals surface area contributed by atoms with Gasteiger partial charge < -0.3 is 4.90 Å². The van der Waals surface area contributed by atoms with E-state index >= 15 is 0 Å². The number of amides is 2. The lowest BCUT2D eigenvalue weighted by Crippen LogP contribution is -2.34. The smallest absolute Gasteiger partial charge is 0.278 e. The molecule has 2 amide bonds. The predicted octanol–water partition coefficient (Wildman–Crippen LogP) is 2.67. The molecule has 0 spiro atoms. The quantitative estimate of drug-likeness (QED) is 0.634. The summed E-state index contributed by atoms with van der Waals surface area (Å²) in [5.74, 6) is -0.398. The summed E-state index contributed by atoms with van der Waals surface area (Å²) in [7, 11) is 0. The van der Waals surface area contributed by atoms with Gasteiger partial charge in [-0.25, -0.2) is 0 Å². The van der Waals surface area contributed by atoms with Crippen LogP contribution < -0.4 is 0 Å². The minimum Gasteiger partial charge on any atom is -0.366 e. The third kappa shape index (κ3) is 2.58. The molecule has 2 aliphatic heterocycles. The number of benzene rings is 1. The number of hydrogen-bond donors (Lipinski definition) is 0. The van der Waals surface area contributed by atoms with E-state index in [0.29, 0.717) is 11.3 Å². The highest BCUT2D eigenvalue weighted by atomic mass is 16.2. The summed E-state index contributed by atoms with van der Waals surface area (Å²) in [5.41, 5.74) is 4.24. The molecule has 0 atom stereocenters. The van der Waals surface area contributed by atoms with Crippen LogP contribution in [-0.4, -0.2) is 41.2 Å². The Morgan fingerprint density at radius 3 is 2.39 bits per heavy atom. The van der Waals surface area contributed by atoms with Crippen molar-refractivity contribution in [2.45, 2.75) is 26.7 Å². The summed E-state index contributed by atoms with van der Waals surface area (Å²) in [6, 6.07) is 5.95. The first kappa shape index (κ1) is 15.5. The minimum absolute atomic E-state index is 0.190. The van der Waals surface area contributed by atoms with Crippen LogP contribution in [0.3, 0.4) is 0 Å². The Morgan fingerprint density at radius 1 is 1.09 bits per heavy atom. The first-order valence-electron chi connectivity index (χ1n) is 8.08. The molecule has 0 bridgehead atoms. The van der Waals surface area contributed by atoms with E-state index in [1.807, 2.05) is 32.0 Å². The van der Waals surface area contributed by atoms with Crippen LogP contribution in [0.4, 0.5) is 0 Å². The van der Waals surface area contributed by atoms with Crippen LogP contribution >= 0.6 is 0 Å². The molecule has 3 rings (SSSR count). The average molecular weight is 310 g/mol. The second-order valence-corrected chi connectivity index (χ2v) is 6.23. The monoisotopic (exact) mass is 310 g/mol. The van der Waals surface area contributed by atoms with Gasteiger partial charge in [-0.3, -0.25) is 14.5 Å². The Bertz CT molecular complexity index is 712. The van der Waals surface area contributed by atoms with E-state index in [4.69, 9.17) is 0 Å². The lowest BCUT2D eigenvalue weighted by molar-refractivity contribution is -0.136. The molecule has 0 unspecified atom stereocenters. The second kappa shape index (κ2) is 6.03. The summed E-state index contributed by atoms with van der Waals surface area (Å²) in [6.45, 7) is 9.66. The molecule has 0 aliphatic carbocycles. The van der Waals surface area contributed by atoms with E-state index in [1.54, 1.807) is 6.08 Å². The number of imide groups is 1. The zero-order chi connectivity index (χ0) is 16.6. The van der Waals surface area contributed by atoms with Crippen LogP contribution in [-0.2, 0) is 9.59 Å². The van der Waals surface area contributed by atoms with Crippen LogP contribution in [0.15, 0.2) is 36.6 Å². The Kier molecular flexibility index (Phi) is 4.07. The van der Waals surface area contributed by atoms with Gasteiger partial charge in [0.2, 0.25) is 0 Å². The molecule has 2 aliphatic rings. The largest absolute Gasteiger partial charge is 0.366 e. The van der Waals surface area contributed by atoms with Crippen molar-refractivity contribution in [1.29, 1.82) is 0 Å². The Morgan fingerprint density at radius 2 is 1.78 bits per heavy atom. The zero-order valence-electron chi connectivity index (χ0n) is 13.8. The third-order valence-electron chi connectivity index (χ3n) is 4.67. The fraction of sp³-hybridized carbons (Fsp3) is 0.368. The third-order valence-corrected chi connectivity index (χ3v) is 4.67. The molecule has 120 valence electrons. The SMILES string of the molecule is C=CCN1C(=O)C(c2ccc(C)c(C)c2)=C(N2CCCC2)C1=O. The van der Waals surface area contributed by atoms with Gasteiger partial charge in [-0.2, -0.15) is 0 Å². The number of hydrogen-bond acceptors (Lipinski definition) is 3. The van der Waals surface area contributed by atoms with E-state index < -0.39 is 0 Å². The van der Waals surface area contributed by atoms with Crippen LogP contribution in [0, 0.1) is 13.8 Å². The highest BCUT2D eigenvalue weighted by Crippen LogP contribution is 2.33. The number of carbonyl (C=O) groups is 2. The van der Waals surface area contributed by atoms with E-state index in [-0.39, 0.29) is 18.4 Å². The van der Waals surface area contributed by atoms with E-state index in [9.17, 15) is 9.59 Å². The van der Waals surface area contributed by atoms with Gasteiger partial charge in [-0.1, -0.05) is 24.3 Å². The number of aryl methyl sites for hydroxylation is 2. The lowest BCUT2D eigenvalue weighted by Gasteiger charge is -2.19. The molecule has 4 heteroatoms. The first-order chi connectivity index (χ1) is 11.0. The molecule has 0 aromatic heterocycles. The first-order valence-corrected chi connectivity index (χ1v) is 8.08. The van der Waals surface area contributed by atoms with Gasteiger partial charge in [-0.05, 0) is 43.4 Å².